The third-order valence-corrected chi connectivity index (χ3v) is 2.73. The average Bonchev–Trinajstić information content (AvgIpc) is 2.42. The van der Waals surface area contributed by atoms with Crippen LogP contribution in [0, 0.1) is 0 Å². The van der Waals surface area contributed by atoms with E-state index in [-0.39, 0.29) is 24.5 Å². The normalized spacial score (nSPS) is 10.1. The van der Waals surface area contributed by atoms with Crippen molar-refractivity contribution in [3.63, 3.8) is 0 Å². The number of nitrogens with two attached hydrogens (primary N) is 1. The van der Waals surface area contributed by atoms with Gasteiger partial charge >= 0.3 is 0 Å². The van der Waals surface area contributed by atoms with Gasteiger partial charge < -0.3 is 11.1 Å². The Balaban J connectivity index is 2.42. The molecule has 0 saturated carbocycles. The second kappa shape index (κ2) is 7.61. The Bertz CT molecular complexity index is 399. The summed E-state index contributed by atoms with van der Waals surface area (Å²) >= 11 is 0. The van der Waals surface area contributed by atoms with E-state index in [9.17, 15) is 9.59 Å². The molecule has 1 amide bonds. The second-order valence-electron chi connectivity index (χ2n) is 4.11. The zero-order chi connectivity index (χ0) is 13.4. The molecular formula is C14H20N2O2. The Morgan fingerprint density at radius 1 is 1.17 bits per heavy atom. The first kappa shape index (κ1) is 14.4. The third-order valence-electron chi connectivity index (χ3n) is 2.73. The number of ketones is 1. The standard InChI is InChI=1S/C14H20N2O2/c1-2-11-3-5-12(6-4-11)13(17)7-8-14(18)16-10-9-15/h3-6H,2,7-10,15H2,1H3,(H,16,18). The van der Waals surface area contributed by atoms with Crippen LogP contribution < -0.4 is 11.1 Å². The first-order valence-corrected chi connectivity index (χ1v) is 6.26. The van der Waals surface area contributed by atoms with Crippen molar-refractivity contribution in [2.75, 3.05) is 13.1 Å². The van der Waals surface area contributed by atoms with Crippen LogP contribution in [-0.2, 0) is 11.2 Å². The van der Waals surface area contributed by atoms with Crippen molar-refractivity contribution in [2.24, 2.45) is 5.73 Å². The minimum atomic E-state index is -0.126. The van der Waals surface area contributed by atoms with Crippen LogP contribution in [0.1, 0.15) is 35.7 Å². The lowest BCUT2D eigenvalue weighted by Gasteiger charge is -2.04. The number of Topliss-reactive ketones (excluding diaryl/α,β-unsaturated/α-hetero) is 1. The molecule has 4 nitrogen and oxygen atoms in total. The van der Waals surface area contributed by atoms with E-state index < -0.39 is 0 Å². The van der Waals surface area contributed by atoms with E-state index in [1.807, 2.05) is 24.3 Å². The summed E-state index contributed by atoms with van der Waals surface area (Å²) < 4.78 is 0. The number of hydrogen-bond acceptors (Lipinski definition) is 3. The summed E-state index contributed by atoms with van der Waals surface area (Å²) in [6.45, 7) is 2.94. The van der Waals surface area contributed by atoms with Crippen molar-refractivity contribution in [3.8, 4) is 0 Å². The molecule has 0 aliphatic heterocycles. The Kier molecular flexibility index (Phi) is 6.08. The highest BCUT2D eigenvalue weighted by Crippen LogP contribution is 2.08. The molecule has 0 fully saturated rings. The van der Waals surface area contributed by atoms with Crippen LogP contribution in [-0.4, -0.2) is 24.8 Å². The van der Waals surface area contributed by atoms with Crippen molar-refractivity contribution in [3.05, 3.63) is 35.4 Å². The fourth-order valence-electron chi connectivity index (χ4n) is 1.60. The fourth-order valence-corrected chi connectivity index (χ4v) is 1.60. The van der Waals surface area contributed by atoms with Crippen LogP contribution in [0.4, 0.5) is 0 Å². The van der Waals surface area contributed by atoms with Gasteiger partial charge in [-0.2, -0.15) is 0 Å². The van der Waals surface area contributed by atoms with E-state index in [0.717, 1.165) is 6.42 Å². The van der Waals surface area contributed by atoms with Crippen LogP contribution >= 0.6 is 0 Å². The zero-order valence-electron chi connectivity index (χ0n) is 10.7. The van der Waals surface area contributed by atoms with Crippen LogP contribution in [0.2, 0.25) is 0 Å². The van der Waals surface area contributed by atoms with Crippen molar-refractivity contribution < 1.29 is 9.59 Å². The Morgan fingerprint density at radius 3 is 2.39 bits per heavy atom. The monoisotopic (exact) mass is 248 g/mol. The molecule has 1 rings (SSSR count). The van der Waals surface area contributed by atoms with Crippen molar-refractivity contribution >= 4 is 11.7 Å². The molecule has 0 atom stereocenters. The second-order valence-corrected chi connectivity index (χ2v) is 4.11. The number of benzene rings is 1. The van der Waals surface area contributed by atoms with Gasteiger partial charge in [0.25, 0.3) is 0 Å². The lowest BCUT2D eigenvalue weighted by atomic mass is 10.0. The molecule has 0 aliphatic carbocycles. The highest BCUT2D eigenvalue weighted by Gasteiger charge is 2.08. The molecule has 3 N–H and O–H groups in total. The van der Waals surface area contributed by atoms with Gasteiger partial charge in [0.2, 0.25) is 5.91 Å². The maximum atomic E-state index is 11.8. The average molecular weight is 248 g/mol. The molecule has 0 heterocycles. The van der Waals surface area contributed by atoms with Gasteiger partial charge in [-0.15, -0.1) is 0 Å². The van der Waals surface area contributed by atoms with Gasteiger partial charge in [-0.05, 0) is 12.0 Å². The summed E-state index contributed by atoms with van der Waals surface area (Å²) in [6, 6.07) is 7.53. The molecule has 0 unspecified atom stereocenters. The molecular weight excluding hydrogens is 228 g/mol. The van der Waals surface area contributed by atoms with E-state index in [0.29, 0.717) is 18.7 Å². The Labute approximate surface area is 108 Å². The van der Waals surface area contributed by atoms with E-state index in [4.69, 9.17) is 5.73 Å². The highest BCUT2D eigenvalue weighted by molar-refractivity contribution is 5.97. The molecule has 0 bridgehead atoms. The molecule has 18 heavy (non-hydrogen) atoms. The predicted molar refractivity (Wildman–Crippen MR) is 71.4 cm³/mol. The molecule has 0 aliphatic rings. The van der Waals surface area contributed by atoms with Gasteiger partial charge in [0.15, 0.2) is 5.78 Å². The van der Waals surface area contributed by atoms with Crippen LogP contribution in [0.25, 0.3) is 0 Å². The van der Waals surface area contributed by atoms with Crippen LogP contribution in [0.5, 0.6) is 0 Å². The fraction of sp³-hybridized carbons (Fsp3) is 0.429. The SMILES string of the molecule is CCc1ccc(C(=O)CCC(=O)NCCN)cc1. The Hall–Kier alpha value is -1.68. The molecule has 98 valence electrons. The van der Waals surface area contributed by atoms with Gasteiger partial charge in [-0.1, -0.05) is 31.2 Å². The van der Waals surface area contributed by atoms with Gasteiger partial charge in [-0.25, -0.2) is 0 Å². The minimum Gasteiger partial charge on any atom is -0.355 e. The molecule has 0 radical (unpaired) electrons. The first-order valence-electron chi connectivity index (χ1n) is 6.26. The van der Waals surface area contributed by atoms with Crippen LogP contribution in [0.15, 0.2) is 24.3 Å². The van der Waals surface area contributed by atoms with Gasteiger partial charge in [0, 0.05) is 31.5 Å². The summed E-state index contributed by atoms with van der Waals surface area (Å²) in [7, 11) is 0. The van der Waals surface area contributed by atoms with Crippen molar-refractivity contribution in [1.82, 2.24) is 5.32 Å². The molecule has 4 heteroatoms. The van der Waals surface area contributed by atoms with E-state index in [1.165, 1.54) is 5.56 Å². The maximum Gasteiger partial charge on any atom is 0.220 e. The van der Waals surface area contributed by atoms with Crippen molar-refractivity contribution in [1.29, 1.82) is 0 Å². The predicted octanol–water partition coefficient (Wildman–Crippen LogP) is 1.29. The quantitative estimate of drug-likeness (QED) is 0.714. The van der Waals surface area contributed by atoms with Gasteiger partial charge in [-0.3, -0.25) is 9.59 Å². The largest absolute Gasteiger partial charge is 0.355 e. The summed E-state index contributed by atoms with van der Waals surface area (Å²) in [5.74, 6) is -0.125. The molecule has 0 spiro atoms. The summed E-state index contributed by atoms with van der Waals surface area (Å²) in [5.41, 5.74) is 7.14. The van der Waals surface area contributed by atoms with Crippen LogP contribution in [0.3, 0.4) is 0 Å². The summed E-state index contributed by atoms with van der Waals surface area (Å²) in [6.07, 6.45) is 1.41. The topological polar surface area (TPSA) is 72.2 Å². The molecule has 1 aromatic carbocycles. The molecule has 0 aromatic heterocycles. The van der Waals surface area contributed by atoms with Gasteiger partial charge in [0.05, 0.1) is 0 Å². The molecule has 1 aromatic rings. The number of rotatable bonds is 7. The first-order chi connectivity index (χ1) is 8.67. The van der Waals surface area contributed by atoms with Crippen molar-refractivity contribution in [2.45, 2.75) is 26.2 Å². The number of hydrogen-bond donors (Lipinski definition) is 2. The van der Waals surface area contributed by atoms with E-state index in [1.54, 1.807) is 0 Å². The lowest BCUT2D eigenvalue weighted by Crippen LogP contribution is -2.29. The highest BCUT2D eigenvalue weighted by atomic mass is 16.2. The number of aryl methyl sites for hydroxylation is 1. The summed E-state index contributed by atoms with van der Waals surface area (Å²) in [5, 5.41) is 2.64. The minimum absolute atomic E-state index is 0.000511. The molecule has 0 saturated heterocycles. The third kappa shape index (κ3) is 4.67. The van der Waals surface area contributed by atoms with E-state index in [2.05, 4.69) is 12.2 Å². The number of carbonyl (C=O) groups is 2. The van der Waals surface area contributed by atoms with E-state index >= 15 is 0 Å². The number of carbonyl (C=O) groups excluding carboxylic acids is 2. The van der Waals surface area contributed by atoms with Gasteiger partial charge in [0.1, 0.15) is 0 Å². The maximum absolute atomic E-state index is 11.8. The number of amides is 1. The zero-order valence-corrected chi connectivity index (χ0v) is 10.7. The lowest BCUT2D eigenvalue weighted by molar-refractivity contribution is -0.121. The number of nitrogens with one attached hydrogen (secondary N) is 1. The Morgan fingerprint density at radius 2 is 1.83 bits per heavy atom. The summed E-state index contributed by atoms with van der Waals surface area (Å²) in [4.78, 5) is 23.1. The smallest absolute Gasteiger partial charge is 0.220 e.